The van der Waals surface area contributed by atoms with Crippen LogP contribution in [0.2, 0.25) is 0 Å². The Morgan fingerprint density at radius 2 is 1.60 bits per heavy atom. The van der Waals surface area contributed by atoms with Crippen molar-refractivity contribution in [1.82, 2.24) is 4.90 Å². The first-order valence-electron chi connectivity index (χ1n) is 13.9. The number of esters is 1. The van der Waals surface area contributed by atoms with Crippen molar-refractivity contribution in [3.63, 3.8) is 0 Å². The summed E-state index contributed by atoms with van der Waals surface area (Å²) in [7, 11) is 0. The van der Waals surface area contributed by atoms with Crippen molar-refractivity contribution in [2.24, 2.45) is 0 Å². The minimum absolute atomic E-state index is 0.0359. The first kappa shape index (κ1) is 29.4. The van der Waals surface area contributed by atoms with Gasteiger partial charge in [0.05, 0.1) is 16.5 Å². The molecule has 9 heteroatoms. The molecule has 0 aliphatic carbocycles. The van der Waals surface area contributed by atoms with Gasteiger partial charge in [0, 0.05) is 6.54 Å². The lowest BCUT2D eigenvalue weighted by atomic mass is 10.0. The Bertz CT molecular complexity index is 1700. The second-order valence-electron chi connectivity index (χ2n) is 10.9. The number of likely N-dealkylation sites (tertiary alicyclic amines) is 1. The summed E-state index contributed by atoms with van der Waals surface area (Å²) >= 11 is 0. The summed E-state index contributed by atoms with van der Waals surface area (Å²) in [5, 5.41) is -0.0952. The summed E-state index contributed by atoms with van der Waals surface area (Å²) in [6.07, 6.45) is -2.14. The third-order valence-electron chi connectivity index (χ3n) is 7.63. The fourth-order valence-corrected chi connectivity index (χ4v) is 5.21. The first-order valence-corrected chi connectivity index (χ1v) is 13.9. The molecule has 1 aliphatic heterocycles. The molecule has 1 saturated heterocycles. The van der Waals surface area contributed by atoms with E-state index in [4.69, 9.17) is 13.9 Å². The molecule has 42 heavy (non-hydrogen) atoms. The van der Waals surface area contributed by atoms with Gasteiger partial charge in [-0.3, -0.25) is 9.69 Å². The Labute approximate surface area is 241 Å². The lowest BCUT2D eigenvalue weighted by molar-refractivity contribution is -0.154. The normalized spacial score (nSPS) is 14.3. The van der Waals surface area contributed by atoms with Crippen molar-refractivity contribution in [3.05, 3.63) is 97.9 Å². The highest BCUT2D eigenvalue weighted by Crippen LogP contribution is 2.41. The highest BCUT2D eigenvalue weighted by atomic mass is 19.4. The summed E-state index contributed by atoms with van der Waals surface area (Å²) in [5.74, 6) is -2.97. The van der Waals surface area contributed by atoms with Gasteiger partial charge in [0.15, 0.2) is 0 Å². The van der Waals surface area contributed by atoms with Crippen LogP contribution in [0.15, 0.2) is 57.7 Å². The van der Waals surface area contributed by atoms with E-state index >= 15 is 0 Å². The molecule has 3 aromatic carbocycles. The maximum Gasteiger partial charge on any atom is 0.453 e. The molecule has 0 radical (unpaired) electrons. The van der Waals surface area contributed by atoms with Crippen LogP contribution in [-0.2, 0) is 12.7 Å². The summed E-state index contributed by atoms with van der Waals surface area (Å²) in [5.41, 5.74) is 2.40. The molecule has 0 atom stereocenters. The maximum absolute atomic E-state index is 14.5. The van der Waals surface area contributed by atoms with Crippen LogP contribution in [0.4, 0.5) is 13.2 Å². The molecule has 1 aliphatic rings. The number of nitrogens with zero attached hydrogens (tertiary/aromatic N) is 1. The maximum atomic E-state index is 14.5. The van der Waals surface area contributed by atoms with Crippen LogP contribution in [0.25, 0.3) is 11.0 Å². The van der Waals surface area contributed by atoms with Crippen molar-refractivity contribution in [2.45, 2.75) is 59.7 Å². The fourth-order valence-electron chi connectivity index (χ4n) is 5.21. The predicted octanol–water partition coefficient (Wildman–Crippen LogP) is 8.04. The van der Waals surface area contributed by atoms with E-state index in [9.17, 15) is 22.8 Å². The van der Waals surface area contributed by atoms with Gasteiger partial charge in [-0.15, -0.1) is 0 Å². The molecular formula is C33H32F3NO5. The van der Waals surface area contributed by atoms with Gasteiger partial charge >= 0.3 is 12.1 Å². The molecule has 2 heterocycles. The zero-order chi connectivity index (χ0) is 30.2. The number of fused-ring (bicyclic) bond motifs is 1. The quantitative estimate of drug-likeness (QED) is 0.170. The van der Waals surface area contributed by atoms with Crippen LogP contribution in [0.1, 0.15) is 63.2 Å². The molecule has 0 unspecified atom stereocenters. The fraction of sp³-hybridized carbons (Fsp3) is 0.333. The smallest absolute Gasteiger partial charge is 0.449 e. The number of benzene rings is 3. The van der Waals surface area contributed by atoms with Gasteiger partial charge in [-0.2, -0.15) is 13.2 Å². The van der Waals surface area contributed by atoms with Crippen LogP contribution in [0.3, 0.4) is 0 Å². The molecule has 4 aromatic rings. The van der Waals surface area contributed by atoms with Gasteiger partial charge < -0.3 is 13.9 Å². The van der Waals surface area contributed by atoms with E-state index in [1.165, 1.54) is 12.1 Å². The number of halogens is 3. The topological polar surface area (TPSA) is 69.0 Å². The SMILES string of the molecule is Cc1ccc(C(=O)Oc2ccc3c(=O)c(Oc4cc(C)cc(C)c4C)c(C(F)(F)F)oc3c2CN2CCCCC2)cc1. The van der Waals surface area contributed by atoms with Gasteiger partial charge in [-0.1, -0.05) is 30.2 Å². The molecule has 0 N–H and O–H groups in total. The highest BCUT2D eigenvalue weighted by Gasteiger charge is 2.41. The van der Waals surface area contributed by atoms with Crippen molar-refractivity contribution in [3.8, 4) is 17.2 Å². The molecule has 6 nitrogen and oxygen atoms in total. The van der Waals surface area contributed by atoms with Crippen LogP contribution in [0, 0.1) is 27.7 Å². The monoisotopic (exact) mass is 579 g/mol. The third-order valence-corrected chi connectivity index (χ3v) is 7.63. The molecule has 0 spiro atoms. The molecule has 1 fully saturated rings. The Kier molecular flexibility index (Phi) is 8.14. The molecule has 0 saturated carbocycles. The number of hydrogen-bond acceptors (Lipinski definition) is 6. The van der Waals surface area contributed by atoms with E-state index in [0.717, 1.165) is 36.0 Å². The number of alkyl halides is 3. The van der Waals surface area contributed by atoms with E-state index < -0.39 is 29.1 Å². The van der Waals surface area contributed by atoms with E-state index in [-0.39, 0.29) is 40.1 Å². The van der Waals surface area contributed by atoms with Crippen molar-refractivity contribution >= 4 is 16.9 Å². The molecule has 0 bridgehead atoms. The summed E-state index contributed by atoms with van der Waals surface area (Å²) in [6, 6.07) is 13.0. The number of carbonyl (C=O) groups excluding carboxylic acids is 1. The van der Waals surface area contributed by atoms with Gasteiger partial charge in [0.25, 0.3) is 5.76 Å². The Morgan fingerprint density at radius 3 is 2.26 bits per heavy atom. The molecular weight excluding hydrogens is 547 g/mol. The Morgan fingerprint density at radius 1 is 0.905 bits per heavy atom. The highest BCUT2D eigenvalue weighted by molar-refractivity contribution is 5.92. The van der Waals surface area contributed by atoms with E-state index in [2.05, 4.69) is 4.90 Å². The van der Waals surface area contributed by atoms with E-state index in [1.807, 2.05) is 19.9 Å². The van der Waals surface area contributed by atoms with Crippen LogP contribution in [0.5, 0.6) is 17.2 Å². The van der Waals surface area contributed by atoms with Crippen molar-refractivity contribution in [2.75, 3.05) is 13.1 Å². The van der Waals surface area contributed by atoms with Gasteiger partial charge in [-0.25, -0.2) is 4.79 Å². The number of ether oxygens (including phenoxy) is 2. The zero-order valence-electron chi connectivity index (χ0n) is 24.0. The van der Waals surface area contributed by atoms with Crippen LogP contribution >= 0.6 is 0 Å². The van der Waals surface area contributed by atoms with Crippen molar-refractivity contribution in [1.29, 1.82) is 0 Å². The standard InChI is InChI=1S/C33H32F3NO5/c1-19-8-10-23(11-9-19)32(39)41-26-13-12-24-28(38)30(40-27-17-20(2)16-21(3)22(27)4)31(33(34,35)36)42-29(24)25(26)18-37-14-6-5-7-15-37/h8-13,16-17H,5-7,14-15,18H2,1-4H3. The number of carbonyl (C=O) groups is 1. The lowest BCUT2D eigenvalue weighted by Crippen LogP contribution is -2.29. The van der Waals surface area contributed by atoms with Crippen LogP contribution < -0.4 is 14.9 Å². The minimum Gasteiger partial charge on any atom is -0.449 e. The van der Waals surface area contributed by atoms with E-state index in [1.54, 1.807) is 44.2 Å². The Balaban J connectivity index is 1.68. The van der Waals surface area contributed by atoms with Gasteiger partial charge in [0.2, 0.25) is 11.2 Å². The third kappa shape index (κ3) is 6.06. The summed E-state index contributed by atoms with van der Waals surface area (Å²) in [6.45, 7) is 8.77. The summed E-state index contributed by atoms with van der Waals surface area (Å²) in [4.78, 5) is 28.8. The number of aryl methyl sites for hydroxylation is 3. The Hall–Kier alpha value is -4.11. The molecule has 220 valence electrons. The first-order chi connectivity index (χ1) is 19.9. The molecule has 1 aromatic heterocycles. The number of hydrogen-bond donors (Lipinski definition) is 0. The molecule has 5 rings (SSSR count). The second-order valence-corrected chi connectivity index (χ2v) is 10.9. The average Bonchev–Trinajstić information content (AvgIpc) is 2.94. The van der Waals surface area contributed by atoms with Gasteiger partial charge in [-0.05, 0) is 101 Å². The minimum atomic E-state index is -5.04. The molecule has 0 amide bonds. The van der Waals surface area contributed by atoms with Crippen LogP contribution in [-0.4, -0.2) is 24.0 Å². The summed E-state index contributed by atoms with van der Waals surface area (Å²) < 4.78 is 60.4. The van der Waals surface area contributed by atoms with Gasteiger partial charge in [0.1, 0.15) is 17.1 Å². The average molecular weight is 580 g/mol. The number of piperidine rings is 1. The number of rotatable bonds is 6. The lowest BCUT2D eigenvalue weighted by Gasteiger charge is -2.27. The van der Waals surface area contributed by atoms with Crippen molar-refractivity contribution < 1.29 is 31.9 Å². The second kappa shape index (κ2) is 11.6. The predicted molar refractivity (Wildman–Crippen MR) is 153 cm³/mol. The zero-order valence-corrected chi connectivity index (χ0v) is 24.0. The largest absolute Gasteiger partial charge is 0.453 e. The van der Waals surface area contributed by atoms with E-state index in [0.29, 0.717) is 18.7 Å².